The average Bonchev–Trinajstić information content (AvgIpc) is 2.45. The van der Waals surface area contributed by atoms with E-state index in [1.54, 1.807) is 12.1 Å². The van der Waals surface area contributed by atoms with Crippen LogP contribution < -0.4 is 16.6 Å². The predicted molar refractivity (Wildman–Crippen MR) is 88.9 cm³/mol. The SMILES string of the molecule is Cc1ccc(Br)c(Nc2cc3nc[nH]c(=O)c3cc2N)c1. The van der Waals surface area contributed by atoms with Crippen molar-refractivity contribution in [2.75, 3.05) is 11.1 Å². The third-order valence-electron chi connectivity index (χ3n) is 3.20. The van der Waals surface area contributed by atoms with Gasteiger partial charge in [-0.1, -0.05) is 6.07 Å². The maximum Gasteiger partial charge on any atom is 0.258 e. The van der Waals surface area contributed by atoms with Crippen molar-refractivity contribution in [3.05, 3.63) is 57.0 Å². The highest BCUT2D eigenvalue weighted by atomic mass is 79.9. The largest absolute Gasteiger partial charge is 0.397 e. The number of nitrogen functional groups attached to an aromatic ring is 1. The zero-order chi connectivity index (χ0) is 15.0. The number of hydrogen-bond acceptors (Lipinski definition) is 4. The normalized spacial score (nSPS) is 10.8. The van der Waals surface area contributed by atoms with Gasteiger partial charge in [0.15, 0.2) is 0 Å². The highest BCUT2D eigenvalue weighted by Gasteiger charge is 2.08. The minimum absolute atomic E-state index is 0.199. The monoisotopic (exact) mass is 344 g/mol. The first kappa shape index (κ1) is 13.6. The molecule has 3 rings (SSSR count). The molecule has 1 aromatic heterocycles. The van der Waals surface area contributed by atoms with Gasteiger partial charge in [0.05, 0.1) is 34.3 Å². The fourth-order valence-electron chi connectivity index (χ4n) is 2.12. The van der Waals surface area contributed by atoms with Crippen LogP contribution in [0.5, 0.6) is 0 Å². The second-order valence-corrected chi connectivity index (χ2v) is 5.65. The molecule has 0 bridgehead atoms. The molecule has 0 amide bonds. The Kier molecular flexibility index (Phi) is 3.39. The number of aryl methyl sites for hydroxylation is 1. The van der Waals surface area contributed by atoms with Crippen molar-refractivity contribution in [2.24, 2.45) is 0 Å². The molecule has 1 heterocycles. The summed E-state index contributed by atoms with van der Waals surface area (Å²) in [4.78, 5) is 18.4. The lowest BCUT2D eigenvalue weighted by atomic mass is 10.1. The van der Waals surface area contributed by atoms with Crippen molar-refractivity contribution in [1.82, 2.24) is 9.97 Å². The van der Waals surface area contributed by atoms with E-state index in [0.717, 1.165) is 15.7 Å². The quantitative estimate of drug-likeness (QED) is 0.622. The number of nitrogens with zero attached hydrogens (tertiary/aromatic N) is 1. The summed E-state index contributed by atoms with van der Waals surface area (Å²) in [5, 5.41) is 3.74. The maximum absolute atomic E-state index is 11.7. The Hall–Kier alpha value is -2.34. The molecule has 0 saturated heterocycles. The van der Waals surface area contributed by atoms with E-state index >= 15 is 0 Å². The Labute approximate surface area is 129 Å². The summed E-state index contributed by atoms with van der Waals surface area (Å²) in [7, 11) is 0. The number of halogens is 1. The van der Waals surface area contributed by atoms with Gasteiger partial charge in [0.2, 0.25) is 0 Å². The first-order chi connectivity index (χ1) is 10.0. The van der Waals surface area contributed by atoms with Crippen LogP contribution in [0.3, 0.4) is 0 Å². The van der Waals surface area contributed by atoms with E-state index < -0.39 is 0 Å². The van der Waals surface area contributed by atoms with Crippen LogP contribution in [-0.4, -0.2) is 9.97 Å². The van der Waals surface area contributed by atoms with Crippen LogP contribution in [0, 0.1) is 6.92 Å². The van der Waals surface area contributed by atoms with Gasteiger partial charge in [0, 0.05) is 4.47 Å². The molecule has 0 atom stereocenters. The smallest absolute Gasteiger partial charge is 0.258 e. The van der Waals surface area contributed by atoms with E-state index in [2.05, 4.69) is 31.2 Å². The third kappa shape index (κ3) is 2.62. The molecule has 0 aliphatic heterocycles. The van der Waals surface area contributed by atoms with Crippen LogP contribution in [-0.2, 0) is 0 Å². The van der Waals surface area contributed by atoms with E-state index in [4.69, 9.17) is 5.73 Å². The summed E-state index contributed by atoms with van der Waals surface area (Å²) in [6.07, 6.45) is 1.38. The number of nitrogens with one attached hydrogen (secondary N) is 2. The molecule has 3 aromatic rings. The van der Waals surface area contributed by atoms with Gasteiger partial charge in [-0.3, -0.25) is 4.79 Å². The molecule has 106 valence electrons. The Bertz CT molecular complexity index is 888. The fraction of sp³-hybridized carbons (Fsp3) is 0.0667. The molecule has 0 saturated carbocycles. The Morgan fingerprint density at radius 2 is 2.05 bits per heavy atom. The lowest BCUT2D eigenvalue weighted by Gasteiger charge is -2.12. The molecule has 0 unspecified atom stereocenters. The molecule has 0 radical (unpaired) electrons. The fourth-order valence-corrected chi connectivity index (χ4v) is 2.47. The van der Waals surface area contributed by atoms with Crippen molar-refractivity contribution < 1.29 is 0 Å². The van der Waals surface area contributed by atoms with E-state index in [0.29, 0.717) is 22.3 Å². The van der Waals surface area contributed by atoms with Crippen LogP contribution in [0.25, 0.3) is 10.9 Å². The topological polar surface area (TPSA) is 83.8 Å². The van der Waals surface area contributed by atoms with Gasteiger partial charge in [0.1, 0.15) is 0 Å². The minimum atomic E-state index is -0.199. The summed E-state index contributed by atoms with van der Waals surface area (Å²) in [6.45, 7) is 2.02. The number of hydrogen-bond donors (Lipinski definition) is 3. The van der Waals surface area contributed by atoms with Gasteiger partial charge in [-0.15, -0.1) is 0 Å². The number of H-pyrrole nitrogens is 1. The molecule has 2 aromatic carbocycles. The molecule has 21 heavy (non-hydrogen) atoms. The number of aromatic amines is 1. The third-order valence-corrected chi connectivity index (χ3v) is 3.89. The maximum atomic E-state index is 11.7. The molecule has 0 aliphatic carbocycles. The zero-order valence-electron chi connectivity index (χ0n) is 11.3. The Morgan fingerprint density at radius 1 is 1.24 bits per heavy atom. The molecule has 6 heteroatoms. The van der Waals surface area contributed by atoms with Crippen LogP contribution in [0.4, 0.5) is 17.1 Å². The van der Waals surface area contributed by atoms with Gasteiger partial charge in [0.25, 0.3) is 5.56 Å². The standard InChI is InChI=1S/C15H13BrN4O/c1-8-2-3-10(16)13(4-8)20-14-6-12-9(5-11(14)17)15(21)19-7-18-12/h2-7,20H,17H2,1H3,(H,18,19,21). The Balaban J connectivity index is 2.10. The summed E-state index contributed by atoms with van der Waals surface area (Å²) in [5.74, 6) is 0. The highest BCUT2D eigenvalue weighted by molar-refractivity contribution is 9.10. The Morgan fingerprint density at radius 3 is 2.86 bits per heavy atom. The average molecular weight is 345 g/mol. The second kappa shape index (κ2) is 5.21. The van der Waals surface area contributed by atoms with Crippen molar-refractivity contribution in [2.45, 2.75) is 6.92 Å². The molecule has 5 nitrogen and oxygen atoms in total. The van der Waals surface area contributed by atoms with Crippen LogP contribution in [0.2, 0.25) is 0 Å². The number of anilines is 3. The van der Waals surface area contributed by atoms with Gasteiger partial charge >= 0.3 is 0 Å². The van der Waals surface area contributed by atoms with E-state index in [9.17, 15) is 4.79 Å². The summed E-state index contributed by atoms with van der Waals surface area (Å²) in [6, 6.07) is 9.40. The van der Waals surface area contributed by atoms with Crippen molar-refractivity contribution in [3.8, 4) is 0 Å². The molecular formula is C15H13BrN4O. The second-order valence-electron chi connectivity index (χ2n) is 4.80. The molecule has 0 spiro atoms. The number of fused-ring (bicyclic) bond motifs is 1. The van der Waals surface area contributed by atoms with Gasteiger partial charge in [-0.05, 0) is 52.7 Å². The van der Waals surface area contributed by atoms with Crippen LogP contribution in [0.15, 0.2) is 45.9 Å². The number of aromatic nitrogens is 2. The highest BCUT2D eigenvalue weighted by Crippen LogP contribution is 2.31. The summed E-state index contributed by atoms with van der Waals surface area (Å²) >= 11 is 3.50. The van der Waals surface area contributed by atoms with Gasteiger partial charge in [-0.2, -0.15) is 0 Å². The lowest BCUT2D eigenvalue weighted by molar-refractivity contribution is 1.17. The predicted octanol–water partition coefficient (Wildman–Crippen LogP) is 3.32. The molecule has 0 aliphatic rings. The van der Waals surface area contributed by atoms with Crippen LogP contribution >= 0.6 is 15.9 Å². The van der Waals surface area contributed by atoms with E-state index in [1.807, 2.05) is 25.1 Å². The summed E-state index contributed by atoms with van der Waals surface area (Å²) in [5.41, 5.74) is 9.68. The number of rotatable bonds is 2. The van der Waals surface area contributed by atoms with Crippen LogP contribution in [0.1, 0.15) is 5.56 Å². The van der Waals surface area contributed by atoms with Crippen molar-refractivity contribution in [1.29, 1.82) is 0 Å². The molecule has 4 N–H and O–H groups in total. The van der Waals surface area contributed by atoms with Crippen molar-refractivity contribution >= 4 is 43.9 Å². The first-order valence-corrected chi connectivity index (χ1v) is 7.14. The lowest BCUT2D eigenvalue weighted by Crippen LogP contribution is -2.07. The molecular weight excluding hydrogens is 332 g/mol. The van der Waals surface area contributed by atoms with Crippen molar-refractivity contribution in [3.63, 3.8) is 0 Å². The first-order valence-electron chi connectivity index (χ1n) is 6.34. The number of nitrogens with two attached hydrogens (primary N) is 1. The van der Waals surface area contributed by atoms with E-state index in [1.165, 1.54) is 6.33 Å². The van der Waals surface area contributed by atoms with Gasteiger partial charge < -0.3 is 16.0 Å². The van der Waals surface area contributed by atoms with Gasteiger partial charge in [-0.25, -0.2) is 4.98 Å². The molecule has 0 fully saturated rings. The minimum Gasteiger partial charge on any atom is -0.397 e. The zero-order valence-corrected chi connectivity index (χ0v) is 12.9. The van der Waals surface area contributed by atoms with E-state index in [-0.39, 0.29) is 5.56 Å². The summed E-state index contributed by atoms with van der Waals surface area (Å²) < 4.78 is 0.937. The number of benzene rings is 2.